The molecular weight excluding hydrogens is 408 g/mol. The number of anilines is 1. The molecule has 0 aliphatic carbocycles. The van der Waals surface area contributed by atoms with Crippen LogP contribution in [0.3, 0.4) is 0 Å². The number of rotatable bonds is 7. The molecule has 0 N–H and O–H groups in total. The first-order valence-electron chi connectivity index (χ1n) is 10.4. The molecule has 1 aromatic heterocycles. The highest BCUT2D eigenvalue weighted by molar-refractivity contribution is 5.78. The van der Waals surface area contributed by atoms with Crippen molar-refractivity contribution in [1.82, 2.24) is 15.1 Å². The largest absolute Gasteiger partial charge is 0.497 e. The highest BCUT2D eigenvalue weighted by Gasteiger charge is 2.22. The van der Waals surface area contributed by atoms with Crippen LogP contribution in [0.1, 0.15) is 0 Å². The van der Waals surface area contributed by atoms with Crippen LogP contribution in [-0.4, -0.2) is 68.0 Å². The van der Waals surface area contributed by atoms with Crippen molar-refractivity contribution in [3.63, 3.8) is 0 Å². The standard InChI is InChI=1S/C24H26N4O4/c1-30-19-8-6-18(7-9-19)22-10-11-23(26-25-22)27-12-14-28(15-13-27)24(29)17-32-21-5-3-4-20(16-21)31-2/h3-11,16H,12-15,17H2,1-2H3. The molecule has 1 fully saturated rings. The number of carbonyl (C=O) groups excluding carboxylic acids is 1. The number of benzene rings is 2. The third-order valence-corrected chi connectivity index (χ3v) is 5.40. The highest BCUT2D eigenvalue weighted by atomic mass is 16.5. The predicted octanol–water partition coefficient (Wildman–Crippen LogP) is 2.89. The summed E-state index contributed by atoms with van der Waals surface area (Å²) in [5.74, 6) is 2.89. The van der Waals surface area contributed by atoms with Crippen LogP contribution in [0.4, 0.5) is 5.82 Å². The van der Waals surface area contributed by atoms with E-state index in [0.717, 1.165) is 22.8 Å². The lowest BCUT2D eigenvalue weighted by molar-refractivity contribution is -0.133. The van der Waals surface area contributed by atoms with E-state index < -0.39 is 0 Å². The Kier molecular flexibility index (Phi) is 6.69. The molecule has 0 saturated carbocycles. The molecule has 0 spiro atoms. The van der Waals surface area contributed by atoms with Crippen LogP contribution < -0.4 is 19.1 Å². The smallest absolute Gasteiger partial charge is 0.260 e. The first kappa shape index (κ1) is 21.4. The molecule has 1 aliphatic rings. The first-order valence-corrected chi connectivity index (χ1v) is 10.4. The summed E-state index contributed by atoms with van der Waals surface area (Å²) >= 11 is 0. The van der Waals surface area contributed by atoms with Crippen LogP contribution in [0.5, 0.6) is 17.2 Å². The number of piperazine rings is 1. The molecule has 2 aromatic carbocycles. The van der Waals surface area contributed by atoms with Gasteiger partial charge in [-0.05, 0) is 48.5 Å². The van der Waals surface area contributed by atoms with Crippen LogP contribution in [0.2, 0.25) is 0 Å². The number of aromatic nitrogens is 2. The maximum Gasteiger partial charge on any atom is 0.260 e. The van der Waals surface area contributed by atoms with Gasteiger partial charge in [0, 0.05) is 37.8 Å². The molecule has 1 amide bonds. The summed E-state index contributed by atoms with van der Waals surface area (Å²) < 4.78 is 16.0. The normalized spacial score (nSPS) is 13.6. The van der Waals surface area contributed by atoms with Crippen LogP contribution >= 0.6 is 0 Å². The van der Waals surface area contributed by atoms with E-state index in [-0.39, 0.29) is 12.5 Å². The van der Waals surface area contributed by atoms with Gasteiger partial charge in [-0.1, -0.05) is 6.07 Å². The number of hydrogen-bond acceptors (Lipinski definition) is 7. The van der Waals surface area contributed by atoms with Gasteiger partial charge in [0.05, 0.1) is 19.9 Å². The summed E-state index contributed by atoms with van der Waals surface area (Å²) in [6.07, 6.45) is 0. The number of nitrogens with zero attached hydrogens (tertiary/aromatic N) is 4. The second kappa shape index (κ2) is 10.00. The van der Waals surface area contributed by atoms with Gasteiger partial charge in [0.25, 0.3) is 5.91 Å². The average Bonchev–Trinajstić information content (AvgIpc) is 2.87. The molecule has 3 aromatic rings. The molecule has 32 heavy (non-hydrogen) atoms. The fourth-order valence-corrected chi connectivity index (χ4v) is 3.52. The number of hydrogen-bond donors (Lipinski definition) is 0. The Bertz CT molecular complexity index is 1030. The lowest BCUT2D eigenvalue weighted by Gasteiger charge is -2.35. The first-order chi connectivity index (χ1) is 15.7. The highest BCUT2D eigenvalue weighted by Crippen LogP contribution is 2.22. The Morgan fingerprint density at radius 3 is 2.22 bits per heavy atom. The monoisotopic (exact) mass is 434 g/mol. The van der Waals surface area contributed by atoms with Gasteiger partial charge in [0.1, 0.15) is 17.2 Å². The van der Waals surface area contributed by atoms with E-state index >= 15 is 0 Å². The summed E-state index contributed by atoms with van der Waals surface area (Å²) in [7, 11) is 3.24. The maximum absolute atomic E-state index is 12.5. The van der Waals surface area contributed by atoms with Crippen molar-refractivity contribution in [2.75, 3.05) is 51.9 Å². The summed E-state index contributed by atoms with van der Waals surface area (Å²) in [6, 6.07) is 18.9. The molecule has 4 rings (SSSR count). The third-order valence-electron chi connectivity index (χ3n) is 5.40. The van der Waals surface area contributed by atoms with Gasteiger partial charge in [0.15, 0.2) is 12.4 Å². The van der Waals surface area contributed by atoms with Crippen LogP contribution in [0.25, 0.3) is 11.3 Å². The molecule has 0 bridgehead atoms. The predicted molar refractivity (Wildman–Crippen MR) is 121 cm³/mol. The zero-order valence-corrected chi connectivity index (χ0v) is 18.2. The third kappa shape index (κ3) is 5.08. The van der Waals surface area contributed by atoms with Crippen molar-refractivity contribution < 1.29 is 19.0 Å². The van der Waals surface area contributed by atoms with E-state index in [9.17, 15) is 4.79 Å². The number of amides is 1. The fraction of sp³-hybridized carbons (Fsp3) is 0.292. The van der Waals surface area contributed by atoms with Crippen molar-refractivity contribution in [3.8, 4) is 28.5 Å². The maximum atomic E-state index is 12.5. The Balaban J connectivity index is 1.28. The van der Waals surface area contributed by atoms with Gasteiger partial charge >= 0.3 is 0 Å². The average molecular weight is 434 g/mol. The fourth-order valence-electron chi connectivity index (χ4n) is 3.52. The Morgan fingerprint density at radius 1 is 0.844 bits per heavy atom. The van der Waals surface area contributed by atoms with Gasteiger partial charge in [-0.3, -0.25) is 4.79 Å². The molecule has 1 aliphatic heterocycles. The number of carbonyl (C=O) groups is 1. The van der Waals surface area contributed by atoms with Gasteiger partial charge in [-0.2, -0.15) is 0 Å². The van der Waals surface area contributed by atoms with E-state index in [2.05, 4.69) is 15.1 Å². The Hall–Kier alpha value is -3.81. The van der Waals surface area contributed by atoms with E-state index in [1.165, 1.54) is 0 Å². The molecule has 0 radical (unpaired) electrons. The molecule has 2 heterocycles. The summed E-state index contributed by atoms with van der Waals surface area (Å²) in [5.41, 5.74) is 1.79. The van der Waals surface area contributed by atoms with E-state index in [1.54, 1.807) is 20.3 Å². The van der Waals surface area contributed by atoms with E-state index in [0.29, 0.717) is 37.7 Å². The number of ether oxygens (including phenoxy) is 3. The molecule has 8 heteroatoms. The van der Waals surface area contributed by atoms with Crippen molar-refractivity contribution >= 4 is 11.7 Å². The molecule has 0 atom stereocenters. The summed E-state index contributed by atoms with van der Waals surface area (Å²) in [5, 5.41) is 8.76. The molecule has 166 valence electrons. The zero-order chi connectivity index (χ0) is 22.3. The Labute approximate surface area is 187 Å². The van der Waals surface area contributed by atoms with Crippen molar-refractivity contribution in [3.05, 3.63) is 60.7 Å². The van der Waals surface area contributed by atoms with E-state index in [4.69, 9.17) is 14.2 Å². The topological polar surface area (TPSA) is 77.0 Å². The van der Waals surface area contributed by atoms with Gasteiger partial charge in [0.2, 0.25) is 0 Å². The summed E-state index contributed by atoms with van der Waals surface area (Å²) in [4.78, 5) is 16.5. The molecule has 8 nitrogen and oxygen atoms in total. The van der Waals surface area contributed by atoms with Crippen LogP contribution in [0.15, 0.2) is 60.7 Å². The van der Waals surface area contributed by atoms with Gasteiger partial charge < -0.3 is 24.0 Å². The molecule has 0 unspecified atom stereocenters. The van der Waals surface area contributed by atoms with Crippen LogP contribution in [0, 0.1) is 0 Å². The van der Waals surface area contributed by atoms with E-state index in [1.807, 2.05) is 59.5 Å². The lowest BCUT2D eigenvalue weighted by atomic mass is 10.1. The molecular formula is C24H26N4O4. The van der Waals surface area contributed by atoms with Gasteiger partial charge in [-0.15, -0.1) is 10.2 Å². The minimum Gasteiger partial charge on any atom is -0.497 e. The SMILES string of the molecule is COc1ccc(-c2ccc(N3CCN(C(=O)COc4cccc(OC)c4)CC3)nn2)cc1. The lowest BCUT2D eigenvalue weighted by Crippen LogP contribution is -2.50. The summed E-state index contributed by atoms with van der Waals surface area (Å²) in [6.45, 7) is 2.62. The minimum absolute atomic E-state index is 0.00350. The van der Waals surface area contributed by atoms with Crippen LogP contribution in [-0.2, 0) is 4.79 Å². The van der Waals surface area contributed by atoms with Crippen molar-refractivity contribution in [2.45, 2.75) is 0 Å². The molecule has 1 saturated heterocycles. The van der Waals surface area contributed by atoms with Crippen molar-refractivity contribution in [1.29, 1.82) is 0 Å². The Morgan fingerprint density at radius 2 is 1.56 bits per heavy atom. The van der Waals surface area contributed by atoms with Gasteiger partial charge in [-0.25, -0.2) is 0 Å². The zero-order valence-electron chi connectivity index (χ0n) is 18.2. The quantitative estimate of drug-likeness (QED) is 0.566. The minimum atomic E-state index is -0.0339. The second-order valence-electron chi connectivity index (χ2n) is 7.34. The number of methoxy groups -OCH3 is 2. The van der Waals surface area contributed by atoms with Crippen molar-refractivity contribution in [2.24, 2.45) is 0 Å². The second-order valence-corrected chi connectivity index (χ2v) is 7.34.